The third kappa shape index (κ3) is 3.68. The third-order valence-electron chi connectivity index (χ3n) is 6.48. The average molecular weight is 375 g/mol. The molecule has 26 heavy (non-hydrogen) atoms. The molecule has 1 atom stereocenters. The molecule has 0 bridgehead atoms. The molecule has 1 aromatic rings. The number of hydrogen-bond acceptors (Lipinski definition) is 3. The highest BCUT2D eigenvalue weighted by Gasteiger charge is 2.39. The summed E-state index contributed by atoms with van der Waals surface area (Å²) in [5, 5.41) is 1.95. The molecule has 142 valence electrons. The van der Waals surface area contributed by atoms with Crippen molar-refractivity contribution in [1.82, 2.24) is 9.80 Å². The van der Waals surface area contributed by atoms with Gasteiger partial charge < -0.3 is 9.80 Å². The number of nitrogens with zero attached hydrogens (tertiary/aromatic N) is 2. The summed E-state index contributed by atoms with van der Waals surface area (Å²) in [6.45, 7) is 1.39. The van der Waals surface area contributed by atoms with Crippen LogP contribution in [0.5, 0.6) is 0 Å². The van der Waals surface area contributed by atoms with Gasteiger partial charge in [-0.25, -0.2) is 0 Å². The zero-order valence-electron chi connectivity index (χ0n) is 15.6. The molecular formula is C21H30N2O2S. The first-order valence-electron chi connectivity index (χ1n) is 10.4. The predicted molar refractivity (Wildman–Crippen MR) is 104 cm³/mol. The van der Waals surface area contributed by atoms with E-state index in [0.29, 0.717) is 24.5 Å². The molecule has 4 nitrogen and oxygen atoms in total. The Labute approximate surface area is 160 Å². The van der Waals surface area contributed by atoms with E-state index in [1.165, 1.54) is 62.7 Å². The van der Waals surface area contributed by atoms with Gasteiger partial charge in [0.1, 0.15) is 0 Å². The monoisotopic (exact) mass is 374 g/mol. The van der Waals surface area contributed by atoms with Crippen molar-refractivity contribution >= 4 is 23.2 Å². The molecule has 1 aromatic heterocycles. The van der Waals surface area contributed by atoms with Crippen molar-refractivity contribution in [2.75, 3.05) is 13.1 Å². The van der Waals surface area contributed by atoms with E-state index in [-0.39, 0.29) is 11.8 Å². The van der Waals surface area contributed by atoms with Gasteiger partial charge in [0, 0.05) is 25.2 Å². The van der Waals surface area contributed by atoms with Crippen LogP contribution < -0.4 is 0 Å². The standard InChI is InChI=1S/C21H30N2O2S/c24-20(23(17-8-1-2-9-17)18-10-3-4-11-18)16-7-5-13-22(15-16)21(25)19-12-6-14-26-19/h6,12,14,16-18H,1-5,7-11,13,15H2. The lowest BCUT2D eigenvalue weighted by molar-refractivity contribution is -0.142. The molecule has 1 aliphatic heterocycles. The van der Waals surface area contributed by atoms with Crippen molar-refractivity contribution < 1.29 is 9.59 Å². The van der Waals surface area contributed by atoms with Crippen LogP contribution in [-0.2, 0) is 4.79 Å². The van der Waals surface area contributed by atoms with Crippen LogP contribution in [0.3, 0.4) is 0 Å². The molecule has 2 heterocycles. The summed E-state index contributed by atoms with van der Waals surface area (Å²) in [4.78, 5) is 31.2. The van der Waals surface area contributed by atoms with E-state index in [4.69, 9.17) is 0 Å². The molecule has 5 heteroatoms. The lowest BCUT2D eigenvalue weighted by atomic mass is 9.94. The maximum Gasteiger partial charge on any atom is 0.263 e. The zero-order chi connectivity index (χ0) is 17.9. The molecule has 3 aliphatic rings. The fourth-order valence-electron chi connectivity index (χ4n) is 5.15. The Morgan fingerprint density at radius 3 is 2.19 bits per heavy atom. The van der Waals surface area contributed by atoms with Crippen LogP contribution in [0.4, 0.5) is 0 Å². The summed E-state index contributed by atoms with van der Waals surface area (Å²) >= 11 is 1.49. The molecule has 2 saturated carbocycles. The maximum atomic E-state index is 13.5. The van der Waals surface area contributed by atoms with E-state index in [9.17, 15) is 9.59 Å². The first-order valence-corrected chi connectivity index (χ1v) is 11.3. The van der Waals surface area contributed by atoms with Crippen LogP contribution in [0.15, 0.2) is 17.5 Å². The Kier molecular flexibility index (Phi) is 5.63. The van der Waals surface area contributed by atoms with Gasteiger partial charge in [-0.2, -0.15) is 0 Å². The number of carbonyl (C=O) groups is 2. The van der Waals surface area contributed by atoms with E-state index in [1.54, 1.807) is 0 Å². The summed E-state index contributed by atoms with van der Waals surface area (Å²) in [6, 6.07) is 4.72. The fourth-order valence-corrected chi connectivity index (χ4v) is 5.84. The van der Waals surface area contributed by atoms with Crippen LogP contribution in [0.1, 0.15) is 73.9 Å². The van der Waals surface area contributed by atoms with Crippen molar-refractivity contribution in [3.63, 3.8) is 0 Å². The fraction of sp³-hybridized carbons (Fsp3) is 0.714. The topological polar surface area (TPSA) is 40.6 Å². The van der Waals surface area contributed by atoms with Crippen molar-refractivity contribution in [3.05, 3.63) is 22.4 Å². The molecule has 3 fully saturated rings. The van der Waals surface area contributed by atoms with Gasteiger partial charge in [0.2, 0.25) is 5.91 Å². The molecule has 1 saturated heterocycles. The minimum Gasteiger partial charge on any atom is -0.337 e. The SMILES string of the molecule is O=C(c1cccs1)N1CCCC(C(=O)N(C2CCCC2)C2CCCC2)C1. The molecule has 0 N–H and O–H groups in total. The second-order valence-corrected chi connectivity index (χ2v) is 9.14. The number of piperidine rings is 1. The van der Waals surface area contributed by atoms with Gasteiger partial charge in [-0.1, -0.05) is 31.7 Å². The van der Waals surface area contributed by atoms with Crippen molar-refractivity contribution in [1.29, 1.82) is 0 Å². The van der Waals surface area contributed by atoms with Crippen molar-refractivity contribution in [3.8, 4) is 0 Å². The molecule has 0 aromatic carbocycles. The van der Waals surface area contributed by atoms with E-state index >= 15 is 0 Å². The van der Waals surface area contributed by atoms with Gasteiger partial charge in [-0.3, -0.25) is 9.59 Å². The summed E-state index contributed by atoms with van der Waals surface area (Å²) in [6.07, 6.45) is 11.6. The van der Waals surface area contributed by atoms with Crippen molar-refractivity contribution in [2.45, 2.75) is 76.3 Å². The third-order valence-corrected chi connectivity index (χ3v) is 7.34. The molecule has 0 radical (unpaired) electrons. The first kappa shape index (κ1) is 18.0. The summed E-state index contributed by atoms with van der Waals surface area (Å²) in [5.74, 6) is 0.437. The smallest absolute Gasteiger partial charge is 0.263 e. The van der Waals surface area contributed by atoms with Gasteiger partial charge in [-0.15, -0.1) is 11.3 Å². The Balaban J connectivity index is 1.47. The van der Waals surface area contributed by atoms with Crippen LogP contribution in [0.25, 0.3) is 0 Å². The Bertz CT molecular complexity index is 602. The number of rotatable bonds is 4. The molecule has 2 amide bonds. The van der Waals surface area contributed by atoms with Gasteiger partial charge in [0.25, 0.3) is 5.91 Å². The number of carbonyl (C=O) groups excluding carboxylic acids is 2. The quantitative estimate of drug-likeness (QED) is 0.788. The Morgan fingerprint density at radius 2 is 1.62 bits per heavy atom. The molecule has 1 unspecified atom stereocenters. The largest absolute Gasteiger partial charge is 0.337 e. The highest BCUT2D eigenvalue weighted by molar-refractivity contribution is 7.12. The van der Waals surface area contributed by atoms with Crippen LogP contribution >= 0.6 is 11.3 Å². The van der Waals surface area contributed by atoms with E-state index in [0.717, 1.165) is 24.3 Å². The van der Waals surface area contributed by atoms with Gasteiger partial charge in [-0.05, 0) is 50.0 Å². The summed E-state index contributed by atoms with van der Waals surface area (Å²) < 4.78 is 0. The minimum atomic E-state index is -0.00568. The highest BCUT2D eigenvalue weighted by atomic mass is 32.1. The average Bonchev–Trinajstić information content (AvgIpc) is 3.44. The first-order chi connectivity index (χ1) is 12.7. The van der Waals surface area contributed by atoms with Crippen LogP contribution in [0.2, 0.25) is 0 Å². The zero-order valence-corrected chi connectivity index (χ0v) is 16.4. The number of amides is 2. The van der Waals surface area contributed by atoms with E-state index in [2.05, 4.69) is 4.90 Å². The van der Waals surface area contributed by atoms with Crippen LogP contribution in [-0.4, -0.2) is 46.8 Å². The van der Waals surface area contributed by atoms with Gasteiger partial charge in [0.15, 0.2) is 0 Å². The summed E-state index contributed by atoms with van der Waals surface area (Å²) in [5.41, 5.74) is 0. The maximum absolute atomic E-state index is 13.5. The van der Waals surface area contributed by atoms with E-state index < -0.39 is 0 Å². The highest BCUT2D eigenvalue weighted by Crippen LogP contribution is 2.34. The molecule has 4 rings (SSSR count). The molecule has 0 spiro atoms. The van der Waals surface area contributed by atoms with Crippen LogP contribution in [0, 0.1) is 5.92 Å². The summed E-state index contributed by atoms with van der Waals surface area (Å²) in [7, 11) is 0. The van der Waals surface area contributed by atoms with E-state index in [1.807, 2.05) is 22.4 Å². The number of likely N-dealkylation sites (tertiary alicyclic amines) is 1. The second-order valence-electron chi connectivity index (χ2n) is 8.19. The number of hydrogen-bond donors (Lipinski definition) is 0. The normalized spacial score (nSPS) is 24.9. The Morgan fingerprint density at radius 1 is 0.962 bits per heavy atom. The minimum absolute atomic E-state index is 0.00568. The molecular weight excluding hydrogens is 344 g/mol. The lowest BCUT2D eigenvalue weighted by Gasteiger charge is -2.40. The van der Waals surface area contributed by atoms with Gasteiger partial charge in [0.05, 0.1) is 10.8 Å². The van der Waals surface area contributed by atoms with Crippen molar-refractivity contribution in [2.24, 2.45) is 5.92 Å². The molecule has 2 aliphatic carbocycles. The number of thiophene rings is 1. The second kappa shape index (κ2) is 8.12. The lowest BCUT2D eigenvalue weighted by Crippen LogP contribution is -2.52. The Hall–Kier alpha value is -1.36. The van der Waals surface area contributed by atoms with Gasteiger partial charge >= 0.3 is 0 Å². The predicted octanol–water partition coefficient (Wildman–Crippen LogP) is 4.31.